The lowest BCUT2D eigenvalue weighted by atomic mass is 10.1. The van der Waals surface area contributed by atoms with E-state index in [9.17, 15) is 4.79 Å². The van der Waals surface area contributed by atoms with E-state index in [4.69, 9.17) is 0 Å². The number of rotatable bonds is 4. The summed E-state index contributed by atoms with van der Waals surface area (Å²) in [6, 6.07) is 0.204. The van der Waals surface area contributed by atoms with Gasteiger partial charge in [-0.15, -0.1) is 0 Å². The first kappa shape index (κ1) is 9.72. The molecule has 0 radical (unpaired) electrons. The Kier molecular flexibility index (Phi) is 4.30. The SMILES string of the molecule is CCCC(C=O)N1CCCCC1. The Balaban J connectivity index is 2.34. The van der Waals surface area contributed by atoms with Gasteiger partial charge in [0.25, 0.3) is 0 Å². The van der Waals surface area contributed by atoms with Crippen molar-refractivity contribution in [2.24, 2.45) is 0 Å². The number of nitrogens with zero attached hydrogens (tertiary/aromatic N) is 1. The van der Waals surface area contributed by atoms with Crippen molar-refractivity contribution >= 4 is 6.29 Å². The molecule has 0 amide bonds. The van der Waals surface area contributed by atoms with Gasteiger partial charge in [0.15, 0.2) is 0 Å². The van der Waals surface area contributed by atoms with Crippen molar-refractivity contribution in [1.82, 2.24) is 4.90 Å². The number of carbonyl (C=O) groups is 1. The molecule has 1 atom stereocenters. The first-order chi connectivity index (χ1) is 5.88. The maximum absolute atomic E-state index is 10.8. The number of piperidine rings is 1. The number of hydrogen-bond donors (Lipinski definition) is 0. The minimum atomic E-state index is 0.204. The van der Waals surface area contributed by atoms with E-state index in [0.29, 0.717) is 0 Å². The van der Waals surface area contributed by atoms with Crippen molar-refractivity contribution in [3.63, 3.8) is 0 Å². The molecule has 0 saturated carbocycles. The van der Waals surface area contributed by atoms with E-state index in [2.05, 4.69) is 11.8 Å². The highest BCUT2D eigenvalue weighted by atomic mass is 16.1. The first-order valence-corrected chi connectivity index (χ1v) is 5.08. The van der Waals surface area contributed by atoms with E-state index >= 15 is 0 Å². The van der Waals surface area contributed by atoms with Crippen LogP contribution in [0.5, 0.6) is 0 Å². The van der Waals surface area contributed by atoms with Crippen LogP contribution in [0.1, 0.15) is 39.0 Å². The quantitative estimate of drug-likeness (QED) is 0.598. The van der Waals surface area contributed by atoms with Gasteiger partial charge >= 0.3 is 0 Å². The first-order valence-electron chi connectivity index (χ1n) is 5.08. The molecule has 1 heterocycles. The van der Waals surface area contributed by atoms with Gasteiger partial charge in [-0.3, -0.25) is 4.90 Å². The van der Waals surface area contributed by atoms with Crippen LogP contribution in [0.3, 0.4) is 0 Å². The summed E-state index contributed by atoms with van der Waals surface area (Å²) in [6.45, 7) is 4.40. The van der Waals surface area contributed by atoms with Crippen molar-refractivity contribution in [2.75, 3.05) is 13.1 Å². The minimum absolute atomic E-state index is 0.204. The summed E-state index contributed by atoms with van der Waals surface area (Å²) >= 11 is 0. The van der Waals surface area contributed by atoms with Crippen LogP contribution >= 0.6 is 0 Å². The van der Waals surface area contributed by atoms with Crippen LogP contribution in [0, 0.1) is 0 Å². The molecule has 12 heavy (non-hydrogen) atoms. The van der Waals surface area contributed by atoms with Gasteiger partial charge in [-0.25, -0.2) is 0 Å². The van der Waals surface area contributed by atoms with Crippen LogP contribution in [0.25, 0.3) is 0 Å². The van der Waals surface area contributed by atoms with Gasteiger partial charge in [-0.05, 0) is 32.4 Å². The molecule has 0 N–H and O–H groups in total. The molecule has 2 heteroatoms. The maximum Gasteiger partial charge on any atom is 0.137 e. The lowest BCUT2D eigenvalue weighted by molar-refractivity contribution is -0.113. The molecule has 0 aromatic heterocycles. The second kappa shape index (κ2) is 5.31. The van der Waals surface area contributed by atoms with Crippen molar-refractivity contribution < 1.29 is 4.79 Å². The number of carbonyl (C=O) groups excluding carboxylic acids is 1. The highest BCUT2D eigenvalue weighted by Crippen LogP contribution is 2.13. The molecule has 1 aliphatic heterocycles. The summed E-state index contributed by atoms with van der Waals surface area (Å²) < 4.78 is 0. The van der Waals surface area contributed by atoms with Gasteiger partial charge in [0.2, 0.25) is 0 Å². The largest absolute Gasteiger partial charge is 0.302 e. The van der Waals surface area contributed by atoms with E-state index < -0.39 is 0 Å². The molecule has 1 saturated heterocycles. The zero-order valence-corrected chi connectivity index (χ0v) is 7.96. The Bertz CT molecular complexity index is 130. The fraction of sp³-hybridized carbons (Fsp3) is 0.900. The Morgan fingerprint density at radius 3 is 2.50 bits per heavy atom. The van der Waals surface area contributed by atoms with E-state index in [1.54, 1.807) is 0 Å². The Morgan fingerprint density at radius 1 is 1.33 bits per heavy atom. The maximum atomic E-state index is 10.8. The normalized spacial score (nSPS) is 22.1. The van der Waals surface area contributed by atoms with Gasteiger partial charge in [0.05, 0.1) is 6.04 Å². The molecule has 0 aromatic rings. The third kappa shape index (κ3) is 2.59. The molecule has 1 rings (SSSR count). The van der Waals surface area contributed by atoms with Crippen LogP contribution in [0.15, 0.2) is 0 Å². The monoisotopic (exact) mass is 169 g/mol. The number of hydrogen-bond acceptors (Lipinski definition) is 2. The van der Waals surface area contributed by atoms with Crippen LogP contribution in [-0.2, 0) is 4.79 Å². The molecule has 1 unspecified atom stereocenters. The summed E-state index contributed by atoms with van der Waals surface area (Å²) in [5, 5.41) is 0. The smallest absolute Gasteiger partial charge is 0.137 e. The molecule has 1 aliphatic rings. The number of likely N-dealkylation sites (tertiary alicyclic amines) is 1. The predicted molar refractivity (Wildman–Crippen MR) is 50.2 cm³/mol. The van der Waals surface area contributed by atoms with Gasteiger partial charge < -0.3 is 4.79 Å². The molecule has 0 aromatic carbocycles. The fourth-order valence-electron chi connectivity index (χ4n) is 1.88. The Labute approximate surface area is 74.9 Å². The molecule has 70 valence electrons. The highest BCUT2D eigenvalue weighted by Gasteiger charge is 2.18. The molecular formula is C10H19NO. The lowest BCUT2D eigenvalue weighted by Gasteiger charge is -2.31. The average molecular weight is 169 g/mol. The van der Waals surface area contributed by atoms with Gasteiger partial charge in [0.1, 0.15) is 6.29 Å². The topological polar surface area (TPSA) is 20.3 Å². The second-order valence-electron chi connectivity index (χ2n) is 3.59. The molecule has 0 spiro atoms. The Hall–Kier alpha value is -0.370. The highest BCUT2D eigenvalue weighted by molar-refractivity contribution is 5.57. The third-order valence-corrected chi connectivity index (χ3v) is 2.60. The molecule has 0 bridgehead atoms. The van der Waals surface area contributed by atoms with E-state index in [1.807, 2.05) is 0 Å². The molecule has 1 fully saturated rings. The number of aldehydes is 1. The van der Waals surface area contributed by atoms with Crippen molar-refractivity contribution in [3.8, 4) is 0 Å². The lowest BCUT2D eigenvalue weighted by Crippen LogP contribution is -2.40. The minimum Gasteiger partial charge on any atom is -0.302 e. The van der Waals surface area contributed by atoms with Crippen molar-refractivity contribution in [1.29, 1.82) is 0 Å². The van der Waals surface area contributed by atoms with Crippen LogP contribution in [0.2, 0.25) is 0 Å². The van der Waals surface area contributed by atoms with Gasteiger partial charge in [-0.1, -0.05) is 19.8 Å². The average Bonchev–Trinajstić information content (AvgIpc) is 2.15. The van der Waals surface area contributed by atoms with Crippen LogP contribution < -0.4 is 0 Å². The van der Waals surface area contributed by atoms with E-state index in [-0.39, 0.29) is 6.04 Å². The summed E-state index contributed by atoms with van der Waals surface area (Å²) in [4.78, 5) is 13.1. The zero-order chi connectivity index (χ0) is 8.81. The van der Waals surface area contributed by atoms with Gasteiger partial charge in [-0.2, -0.15) is 0 Å². The molecule has 2 nitrogen and oxygen atoms in total. The van der Waals surface area contributed by atoms with Crippen molar-refractivity contribution in [2.45, 2.75) is 45.1 Å². The van der Waals surface area contributed by atoms with E-state index in [0.717, 1.165) is 32.2 Å². The van der Waals surface area contributed by atoms with E-state index in [1.165, 1.54) is 19.3 Å². The predicted octanol–water partition coefficient (Wildman–Crippen LogP) is 1.84. The summed E-state index contributed by atoms with van der Waals surface area (Å²) in [6.07, 6.45) is 7.15. The summed E-state index contributed by atoms with van der Waals surface area (Å²) in [5.74, 6) is 0. The molecular weight excluding hydrogens is 150 g/mol. The summed E-state index contributed by atoms with van der Waals surface area (Å²) in [5.41, 5.74) is 0. The third-order valence-electron chi connectivity index (χ3n) is 2.60. The second-order valence-corrected chi connectivity index (χ2v) is 3.59. The van der Waals surface area contributed by atoms with Crippen LogP contribution in [-0.4, -0.2) is 30.3 Å². The molecule has 0 aliphatic carbocycles. The van der Waals surface area contributed by atoms with Gasteiger partial charge in [0, 0.05) is 0 Å². The zero-order valence-electron chi connectivity index (χ0n) is 7.96. The Morgan fingerprint density at radius 2 is 2.00 bits per heavy atom. The standard InChI is InChI=1S/C10H19NO/c1-2-6-10(9-12)11-7-4-3-5-8-11/h9-10H,2-8H2,1H3. The summed E-state index contributed by atoms with van der Waals surface area (Å²) in [7, 11) is 0. The van der Waals surface area contributed by atoms with Crippen molar-refractivity contribution in [3.05, 3.63) is 0 Å². The fourth-order valence-corrected chi connectivity index (χ4v) is 1.88. The van der Waals surface area contributed by atoms with Crippen LogP contribution in [0.4, 0.5) is 0 Å².